The monoisotopic (exact) mass is 231 g/mol. The van der Waals surface area contributed by atoms with Crippen molar-refractivity contribution >= 4 is 5.78 Å². The third-order valence-electron chi connectivity index (χ3n) is 3.64. The van der Waals surface area contributed by atoms with Gasteiger partial charge in [-0.2, -0.15) is 0 Å². The fourth-order valence-electron chi connectivity index (χ4n) is 2.65. The molecule has 1 unspecified atom stereocenters. The van der Waals surface area contributed by atoms with Gasteiger partial charge in [0.1, 0.15) is 5.75 Å². The highest BCUT2D eigenvalue weighted by molar-refractivity contribution is 5.98. The minimum atomic E-state index is 0.157. The summed E-state index contributed by atoms with van der Waals surface area (Å²) < 4.78 is 5.46. The third-order valence-corrected chi connectivity index (χ3v) is 3.64. The van der Waals surface area contributed by atoms with Gasteiger partial charge in [0.05, 0.1) is 6.61 Å². The summed E-state index contributed by atoms with van der Waals surface area (Å²) >= 11 is 0. The zero-order valence-corrected chi connectivity index (χ0v) is 9.87. The van der Waals surface area contributed by atoms with Crippen LogP contribution in [0.3, 0.4) is 0 Å². The van der Waals surface area contributed by atoms with Gasteiger partial charge < -0.3 is 10.1 Å². The largest absolute Gasteiger partial charge is 0.493 e. The van der Waals surface area contributed by atoms with Crippen molar-refractivity contribution in [3.8, 4) is 5.75 Å². The van der Waals surface area contributed by atoms with Crippen LogP contribution in [0.2, 0.25) is 0 Å². The second kappa shape index (κ2) is 4.49. The minimum Gasteiger partial charge on any atom is -0.493 e. The number of hydrogen-bond acceptors (Lipinski definition) is 3. The molecule has 1 aromatic carbocycles. The van der Waals surface area contributed by atoms with Crippen LogP contribution < -0.4 is 10.1 Å². The van der Waals surface area contributed by atoms with E-state index in [1.807, 2.05) is 18.2 Å². The van der Waals surface area contributed by atoms with Crippen LogP contribution in [0.1, 0.15) is 28.8 Å². The summed E-state index contributed by atoms with van der Waals surface area (Å²) in [5.41, 5.74) is 2.03. The van der Waals surface area contributed by atoms with Gasteiger partial charge in [-0.3, -0.25) is 4.79 Å². The zero-order chi connectivity index (χ0) is 11.7. The van der Waals surface area contributed by atoms with Gasteiger partial charge in [0.15, 0.2) is 5.78 Å². The van der Waals surface area contributed by atoms with Crippen molar-refractivity contribution in [1.29, 1.82) is 0 Å². The molecule has 0 bridgehead atoms. The predicted octanol–water partition coefficient (Wildman–Crippen LogP) is 1.80. The normalized spacial score (nSPS) is 22.9. The summed E-state index contributed by atoms with van der Waals surface area (Å²) in [4.78, 5) is 12.3. The molecule has 3 rings (SSSR count). The van der Waals surface area contributed by atoms with Crippen LogP contribution in [0.25, 0.3) is 0 Å². The highest BCUT2D eigenvalue weighted by atomic mass is 16.5. The summed E-state index contributed by atoms with van der Waals surface area (Å²) in [5, 5.41) is 3.29. The molecule has 1 fully saturated rings. The number of Topliss-reactive ketones (excluding diaryl/α,β-unsaturated/α-hetero) is 1. The first-order valence-corrected chi connectivity index (χ1v) is 6.35. The van der Waals surface area contributed by atoms with Gasteiger partial charge in [0, 0.05) is 24.4 Å². The quantitative estimate of drug-likeness (QED) is 0.789. The molecule has 2 aliphatic rings. The van der Waals surface area contributed by atoms with E-state index < -0.39 is 0 Å². The number of carbonyl (C=O) groups is 1. The molecular formula is C14H17NO2. The maximum absolute atomic E-state index is 12.3. The molecule has 2 aliphatic heterocycles. The Bertz CT molecular complexity index is 436. The maximum Gasteiger partial charge on any atom is 0.167 e. The summed E-state index contributed by atoms with van der Waals surface area (Å²) in [7, 11) is 0. The van der Waals surface area contributed by atoms with Crippen LogP contribution in [0, 0.1) is 5.92 Å². The SMILES string of the molecule is O=C(c1ccc2c(c1)CCO2)C1CCCNC1. The van der Waals surface area contributed by atoms with Crippen LogP contribution >= 0.6 is 0 Å². The van der Waals surface area contributed by atoms with E-state index >= 15 is 0 Å². The molecule has 0 radical (unpaired) electrons. The van der Waals surface area contributed by atoms with Crippen LogP contribution in [0.15, 0.2) is 18.2 Å². The van der Waals surface area contributed by atoms with Crippen LogP contribution in [0.5, 0.6) is 5.75 Å². The lowest BCUT2D eigenvalue weighted by molar-refractivity contribution is 0.0899. The average Bonchev–Trinajstić information content (AvgIpc) is 2.86. The first-order valence-electron chi connectivity index (χ1n) is 6.35. The summed E-state index contributed by atoms with van der Waals surface area (Å²) in [6.45, 7) is 2.62. The maximum atomic E-state index is 12.3. The van der Waals surface area contributed by atoms with Crippen molar-refractivity contribution in [3.05, 3.63) is 29.3 Å². The van der Waals surface area contributed by atoms with Crippen LogP contribution in [-0.2, 0) is 6.42 Å². The molecule has 0 aliphatic carbocycles. The number of fused-ring (bicyclic) bond motifs is 1. The Labute approximate surface area is 101 Å². The van der Waals surface area contributed by atoms with Crippen molar-refractivity contribution < 1.29 is 9.53 Å². The van der Waals surface area contributed by atoms with Gasteiger partial charge in [-0.25, -0.2) is 0 Å². The number of benzene rings is 1. The highest BCUT2D eigenvalue weighted by Gasteiger charge is 2.23. The number of ketones is 1. The lowest BCUT2D eigenvalue weighted by Crippen LogP contribution is -2.34. The van der Waals surface area contributed by atoms with E-state index in [4.69, 9.17) is 4.74 Å². The number of ether oxygens (including phenoxy) is 1. The van der Waals surface area contributed by atoms with E-state index in [0.717, 1.165) is 50.3 Å². The van der Waals surface area contributed by atoms with Crippen molar-refractivity contribution in [2.75, 3.05) is 19.7 Å². The van der Waals surface area contributed by atoms with Crippen molar-refractivity contribution in [2.24, 2.45) is 5.92 Å². The zero-order valence-electron chi connectivity index (χ0n) is 9.87. The molecule has 3 heteroatoms. The summed E-state index contributed by atoms with van der Waals surface area (Å²) in [6, 6.07) is 5.85. The smallest absolute Gasteiger partial charge is 0.167 e. The van der Waals surface area contributed by atoms with Crippen LogP contribution in [0.4, 0.5) is 0 Å². The molecule has 2 heterocycles. The Kier molecular flexibility index (Phi) is 2.85. The topological polar surface area (TPSA) is 38.3 Å². The summed E-state index contributed by atoms with van der Waals surface area (Å²) in [6.07, 6.45) is 3.04. The number of piperidine rings is 1. The van der Waals surface area contributed by atoms with E-state index in [-0.39, 0.29) is 11.7 Å². The molecule has 3 nitrogen and oxygen atoms in total. The third kappa shape index (κ3) is 2.07. The van der Waals surface area contributed by atoms with Gasteiger partial charge in [0.2, 0.25) is 0 Å². The molecule has 0 amide bonds. The minimum absolute atomic E-state index is 0.157. The molecule has 0 spiro atoms. The van der Waals surface area contributed by atoms with Gasteiger partial charge in [-0.15, -0.1) is 0 Å². The Morgan fingerprint density at radius 3 is 3.18 bits per heavy atom. The molecule has 0 saturated carbocycles. The fraction of sp³-hybridized carbons (Fsp3) is 0.500. The fourth-order valence-corrected chi connectivity index (χ4v) is 2.65. The lowest BCUT2D eigenvalue weighted by Gasteiger charge is -2.21. The molecule has 1 aromatic rings. The van der Waals surface area contributed by atoms with Gasteiger partial charge in [-0.1, -0.05) is 0 Å². The van der Waals surface area contributed by atoms with Gasteiger partial charge in [-0.05, 0) is 43.1 Å². The van der Waals surface area contributed by atoms with Gasteiger partial charge >= 0.3 is 0 Å². The molecular weight excluding hydrogens is 214 g/mol. The highest BCUT2D eigenvalue weighted by Crippen LogP contribution is 2.27. The molecule has 1 N–H and O–H groups in total. The van der Waals surface area contributed by atoms with Crippen molar-refractivity contribution in [2.45, 2.75) is 19.3 Å². The Hall–Kier alpha value is -1.35. The van der Waals surface area contributed by atoms with E-state index in [2.05, 4.69) is 5.32 Å². The van der Waals surface area contributed by atoms with Gasteiger partial charge in [0.25, 0.3) is 0 Å². The van der Waals surface area contributed by atoms with E-state index in [9.17, 15) is 4.79 Å². The number of nitrogens with one attached hydrogen (secondary N) is 1. The molecule has 90 valence electrons. The molecule has 17 heavy (non-hydrogen) atoms. The van der Waals surface area contributed by atoms with E-state index in [1.54, 1.807) is 0 Å². The lowest BCUT2D eigenvalue weighted by atomic mass is 9.90. The summed E-state index contributed by atoms with van der Waals surface area (Å²) in [5.74, 6) is 1.39. The average molecular weight is 231 g/mol. The van der Waals surface area contributed by atoms with Crippen molar-refractivity contribution in [3.63, 3.8) is 0 Å². The number of rotatable bonds is 2. The standard InChI is InChI=1S/C14H17NO2/c16-14(12-2-1-6-15-9-12)11-3-4-13-10(8-11)5-7-17-13/h3-4,8,12,15H,1-2,5-7,9H2. The van der Waals surface area contributed by atoms with E-state index in [1.165, 1.54) is 5.56 Å². The number of hydrogen-bond donors (Lipinski definition) is 1. The van der Waals surface area contributed by atoms with E-state index in [0.29, 0.717) is 0 Å². The first kappa shape index (κ1) is 10.8. The number of carbonyl (C=O) groups excluding carboxylic acids is 1. The second-order valence-corrected chi connectivity index (χ2v) is 4.83. The second-order valence-electron chi connectivity index (χ2n) is 4.83. The molecule has 0 aromatic heterocycles. The molecule has 1 atom stereocenters. The molecule has 1 saturated heterocycles. The Balaban J connectivity index is 1.81. The van der Waals surface area contributed by atoms with Crippen molar-refractivity contribution in [1.82, 2.24) is 5.32 Å². The van der Waals surface area contributed by atoms with Crippen LogP contribution in [-0.4, -0.2) is 25.5 Å². The Morgan fingerprint density at radius 1 is 1.41 bits per heavy atom. The first-order chi connectivity index (χ1) is 8.34. The predicted molar refractivity (Wildman–Crippen MR) is 65.6 cm³/mol. The Morgan fingerprint density at radius 2 is 2.35 bits per heavy atom.